The number of pyridine rings is 1. The van der Waals surface area contributed by atoms with Crippen molar-refractivity contribution in [2.45, 2.75) is 39.7 Å². The number of methoxy groups -OCH3 is 1. The highest BCUT2D eigenvalue weighted by atomic mass is 16.5. The summed E-state index contributed by atoms with van der Waals surface area (Å²) in [4.78, 5) is 16.4. The highest BCUT2D eigenvalue weighted by Gasteiger charge is 2.15. The summed E-state index contributed by atoms with van der Waals surface area (Å²) in [5.41, 5.74) is 5.81. The second-order valence-corrected chi connectivity index (χ2v) is 8.28. The largest absolute Gasteiger partial charge is 0.497 e. The molecule has 36 heavy (non-hydrogen) atoms. The number of esters is 1. The van der Waals surface area contributed by atoms with Crippen LogP contribution in [0, 0.1) is 18.8 Å². The van der Waals surface area contributed by atoms with Crippen LogP contribution in [0.15, 0.2) is 61.1 Å². The second kappa shape index (κ2) is 11.4. The Balaban J connectivity index is 1.54. The predicted octanol–water partition coefficient (Wildman–Crippen LogP) is 5.35. The highest BCUT2D eigenvalue weighted by Crippen LogP contribution is 2.29. The van der Waals surface area contributed by atoms with E-state index in [4.69, 9.17) is 14.2 Å². The van der Waals surface area contributed by atoms with Crippen LogP contribution < -0.4 is 9.47 Å². The number of fused-ring (bicyclic) bond motifs is 1. The van der Waals surface area contributed by atoms with E-state index in [2.05, 4.69) is 34.9 Å². The normalized spacial score (nSPS) is 11.4. The van der Waals surface area contributed by atoms with Crippen LogP contribution in [0.4, 0.5) is 0 Å². The lowest BCUT2D eigenvalue weighted by atomic mass is 9.96. The average Bonchev–Trinajstić information content (AvgIpc) is 3.36. The summed E-state index contributed by atoms with van der Waals surface area (Å²) in [6.45, 7) is 6.30. The van der Waals surface area contributed by atoms with Gasteiger partial charge in [0.15, 0.2) is 5.65 Å². The zero-order valence-electron chi connectivity index (χ0n) is 20.9. The fraction of sp³-hybridized carbons (Fsp3) is 0.276. The number of carbonyl (C=O) groups is 1. The second-order valence-electron chi connectivity index (χ2n) is 8.28. The molecule has 0 fully saturated rings. The van der Waals surface area contributed by atoms with Gasteiger partial charge in [0, 0.05) is 17.3 Å². The molecule has 7 nitrogen and oxygen atoms in total. The molecule has 4 aromatic rings. The van der Waals surface area contributed by atoms with Crippen LogP contribution in [0.5, 0.6) is 11.5 Å². The van der Waals surface area contributed by atoms with Crippen LogP contribution >= 0.6 is 0 Å². The third-order valence-electron chi connectivity index (χ3n) is 5.87. The third-order valence-corrected chi connectivity index (χ3v) is 5.87. The molecule has 4 rings (SSSR count). The number of benzene rings is 2. The molecule has 0 bridgehead atoms. The van der Waals surface area contributed by atoms with E-state index in [1.807, 2.05) is 48.7 Å². The Hall–Kier alpha value is -4.31. The summed E-state index contributed by atoms with van der Waals surface area (Å²) >= 11 is 0. The molecule has 1 unspecified atom stereocenters. The van der Waals surface area contributed by atoms with Gasteiger partial charge in [0.25, 0.3) is 0 Å². The molecule has 0 aliphatic rings. The van der Waals surface area contributed by atoms with Gasteiger partial charge in [-0.1, -0.05) is 24.1 Å². The summed E-state index contributed by atoms with van der Waals surface area (Å²) < 4.78 is 18.3. The molecule has 0 N–H and O–H groups in total. The maximum absolute atomic E-state index is 12.0. The summed E-state index contributed by atoms with van der Waals surface area (Å²) in [6.07, 6.45) is 3.72. The van der Waals surface area contributed by atoms with E-state index in [0.717, 1.165) is 39.2 Å². The first kappa shape index (κ1) is 24.8. The molecule has 2 aromatic carbocycles. The van der Waals surface area contributed by atoms with Gasteiger partial charge in [0.2, 0.25) is 0 Å². The number of hydrogen-bond acceptors (Lipinski definition) is 6. The van der Waals surface area contributed by atoms with Crippen molar-refractivity contribution < 1.29 is 19.0 Å². The molecule has 0 aliphatic carbocycles. The third kappa shape index (κ3) is 5.66. The lowest BCUT2D eigenvalue weighted by Gasteiger charge is -2.13. The molecule has 2 aromatic heterocycles. The molecule has 0 amide bonds. The van der Waals surface area contributed by atoms with E-state index < -0.39 is 0 Å². The summed E-state index contributed by atoms with van der Waals surface area (Å²) in [5.74, 6) is 7.06. The number of ether oxygens (including phenoxy) is 3. The van der Waals surface area contributed by atoms with Crippen LogP contribution in [-0.2, 0) is 16.1 Å². The lowest BCUT2D eigenvalue weighted by molar-refractivity contribution is -0.143. The number of hydrogen-bond donors (Lipinski definition) is 0. The van der Waals surface area contributed by atoms with Gasteiger partial charge in [-0.2, -0.15) is 5.10 Å². The van der Waals surface area contributed by atoms with Crippen molar-refractivity contribution in [2.24, 2.45) is 0 Å². The van der Waals surface area contributed by atoms with Gasteiger partial charge in [-0.3, -0.25) is 4.79 Å². The van der Waals surface area contributed by atoms with Gasteiger partial charge in [0.05, 0.1) is 26.1 Å². The van der Waals surface area contributed by atoms with Crippen molar-refractivity contribution in [3.63, 3.8) is 0 Å². The quantitative estimate of drug-likeness (QED) is 0.236. The first-order valence-electron chi connectivity index (χ1n) is 11.8. The van der Waals surface area contributed by atoms with Gasteiger partial charge in [0.1, 0.15) is 24.4 Å². The SMILES string of the molecule is CC#CC(CC(=O)OCC)c1ccc(OCc2cc(-c3ccc(OC)cc3C)cn3ncnc23)cc1. The number of aryl methyl sites for hydroxylation is 1. The Bertz CT molecular complexity index is 1410. The standard InChI is InChI=1S/C29H29N3O4/c1-5-7-22(16-28(33)35-6-2)21-8-10-25(11-9-21)36-18-24-15-23(17-32-29(24)30-19-31-32)27-13-12-26(34-4)14-20(27)3/h8-15,17,19,22H,6,16,18H2,1-4H3. The Labute approximate surface area is 211 Å². The van der Waals surface area contributed by atoms with Crippen molar-refractivity contribution in [3.05, 3.63) is 77.7 Å². The smallest absolute Gasteiger partial charge is 0.307 e. The Kier molecular flexibility index (Phi) is 7.86. The maximum atomic E-state index is 12.0. The lowest BCUT2D eigenvalue weighted by Crippen LogP contribution is -2.09. The minimum Gasteiger partial charge on any atom is -0.497 e. The number of carbonyl (C=O) groups excluding carboxylic acids is 1. The number of nitrogens with zero attached hydrogens (tertiary/aromatic N) is 3. The number of rotatable bonds is 9. The topological polar surface area (TPSA) is 75.0 Å². The molecule has 0 radical (unpaired) electrons. The van der Waals surface area contributed by atoms with Crippen molar-refractivity contribution in [3.8, 4) is 34.5 Å². The molecular formula is C29H29N3O4. The molecule has 0 spiro atoms. The summed E-state index contributed by atoms with van der Waals surface area (Å²) in [5, 5.41) is 4.34. The molecule has 0 saturated carbocycles. The van der Waals surface area contributed by atoms with Gasteiger partial charge < -0.3 is 14.2 Å². The zero-order chi connectivity index (χ0) is 25.5. The van der Waals surface area contributed by atoms with Crippen molar-refractivity contribution in [1.29, 1.82) is 0 Å². The molecular weight excluding hydrogens is 454 g/mol. The van der Waals surface area contributed by atoms with Crippen molar-refractivity contribution >= 4 is 11.6 Å². The van der Waals surface area contributed by atoms with E-state index in [1.54, 1.807) is 25.5 Å². The molecule has 2 heterocycles. The van der Waals surface area contributed by atoms with Crippen LogP contribution in [0.25, 0.3) is 16.8 Å². The molecule has 0 saturated heterocycles. The summed E-state index contributed by atoms with van der Waals surface area (Å²) in [7, 11) is 1.66. The van der Waals surface area contributed by atoms with Crippen molar-refractivity contribution in [2.75, 3.05) is 13.7 Å². The maximum Gasteiger partial charge on any atom is 0.307 e. The van der Waals surface area contributed by atoms with E-state index in [0.29, 0.717) is 19.0 Å². The predicted molar refractivity (Wildman–Crippen MR) is 138 cm³/mol. The van der Waals surface area contributed by atoms with Gasteiger partial charge in [-0.15, -0.1) is 5.92 Å². The van der Waals surface area contributed by atoms with E-state index in [1.165, 1.54) is 6.33 Å². The van der Waals surface area contributed by atoms with E-state index in [9.17, 15) is 4.79 Å². The van der Waals surface area contributed by atoms with Gasteiger partial charge >= 0.3 is 5.97 Å². The van der Waals surface area contributed by atoms with E-state index >= 15 is 0 Å². The minimum absolute atomic E-state index is 0.219. The molecule has 1 atom stereocenters. The molecule has 184 valence electrons. The van der Waals surface area contributed by atoms with Gasteiger partial charge in [-0.05, 0) is 67.8 Å². The average molecular weight is 484 g/mol. The highest BCUT2D eigenvalue weighted by molar-refractivity contribution is 5.71. The Morgan fingerprint density at radius 3 is 2.58 bits per heavy atom. The zero-order valence-corrected chi connectivity index (χ0v) is 20.9. The fourth-order valence-electron chi connectivity index (χ4n) is 4.11. The number of aromatic nitrogens is 3. The first-order valence-corrected chi connectivity index (χ1v) is 11.8. The first-order chi connectivity index (χ1) is 17.5. The Morgan fingerprint density at radius 2 is 1.89 bits per heavy atom. The Morgan fingerprint density at radius 1 is 1.11 bits per heavy atom. The van der Waals surface area contributed by atoms with Crippen LogP contribution in [-0.4, -0.2) is 34.3 Å². The van der Waals surface area contributed by atoms with Crippen molar-refractivity contribution in [1.82, 2.24) is 14.6 Å². The summed E-state index contributed by atoms with van der Waals surface area (Å²) in [6, 6.07) is 15.7. The van der Waals surface area contributed by atoms with Crippen LogP contribution in [0.3, 0.4) is 0 Å². The van der Waals surface area contributed by atoms with Crippen LogP contribution in [0.2, 0.25) is 0 Å². The minimum atomic E-state index is -0.255. The fourth-order valence-corrected chi connectivity index (χ4v) is 4.11. The van der Waals surface area contributed by atoms with Crippen LogP contribution in [0.1, 0.15) is 42.9 Å². The monoisotopic (exact) mass is 483 g/mol. The van der Waals surface area contributed by atoms with Gasteiger partial charge in [-0.25, -0.2) is 9.50 Å². The van der Waals surface area contributed by atoms with E-state index in [-0.39, 0.29) is 18.3 Å². The molecule has 7 heteroatoms. The molecule has 0 aliphatic heterocycles.